The van der Waals surface area contributed by atoms with Gasteiger partial charge in [-0.2, -0.15) is 0 Å². The van der Waals surface area contributed by atoms with Crippen LogP contribution in [0.2, 0.25) is 0 Å². The van der Waals surface area contributed by atoms with Gasteiger partial charge in [-0.15, -0.1) is 0 Å². The number of methoxy groups -OCH3 is 3. The van der Waals surface area contributed by atoms with E-state index in [0.29, 0.717) is 65.3 Å². The summed E-state index contributed by atoms with van der Waals surface area (Å²) in [5.41, 5.74) is 2.81. The summed E-state index contributed by atoms with van der Waals surface area (Å²) in [6.07, 6.45) is 0.00675. The lowest BCUT2D eigenvalue weighted by atomic mass is 10.00. The van der Waals surface area contributed by atoms with Crippen molar-refractivity contribution in [3.63, 3.8) is 0 Å². The standard InChI is InChI=1S/C28H28N2O7/c1-33-24-12-18(13-25(34-2)27(24)35-3)21(30-16-17-6-4-5-7-20(17)28(30)32)15-26(31)29-19-8-9-22-23(14-19)37-11-10-36-22/h4-9,12-14,21H,10-11,15-16H2,1-3H3,(H,29,31)/t21-/m0/s1. The largest absolute Gasteiger partial charge is 0.493 e. The second-order valence-electron chi connectivity index (χ2n) is 8.68. The van der Waals surface area contributed by atoms with Crippen molar-refractivity contribution in [1.82, 2.24) is 4.90 Å². The van der Waals surface area contributed by atoms with Crippen LogP contribution in [0.3, 0.4) is 0 Å². The molecule has 5 rings (SSSR count). The van der Waals surface area contributed by atoms with E-state index in [1.54, 1.807) is 41.3 Å². The first-order chi connectivity index (χ1) is 18.0. The highest BCUT2D eigenvalue weighted by Gasteiger charge is 2.35. The van der Waals surface area contributed by atoms with E-state index in [1.165, 1.54) is 21.3 Å². The quantitative estimate of drug-likeness (QED) is 0.491. The van der Waals surface area contributed by atoms with Crippen molar-refractivity contribution < 1.29 is 33.3 Å². The maximum Gasteiger partial charge on any atom is 0.255 e. The van der Waals surface area contributed by atoms with E-state index in [2.05, 4.69) is 5.32 Å². The van der Waals surface area contributed by atoms with E-state index in [9.17, 15) is 9.59 Å². The molecule has 0 aliphatic carbocycles. The Balaban J connectivity index is 1.47. The lowest BCUT2D eigenvalue weighted by Crippen LogP contribution is -2.32. The fourth-order valence-corrected chi connectivity index (χ4v) is 4.74. The molecule has 1 atom stereocenters. The third kappa shape index (κ3) is 4.72. The normalized spacial score (nSPS) is 14.6. The van der Waals surface area contributed by atoms with Gasteiger partial charge in [0.05, 0.1) is 33.8 Å². The molecule has 9 nitrogen and oxygen atoms in total. The summed E-state index contributed by atoms with van der Waals surface area (Å²) in [7, 11) is 4.59. The number of nitrogens with zero attached hydrogens (tertiary/aromatic N) is 1. The Morgan fingerprint density at radius 2 is 1.65 bits per heavy atom. The highest BCUT2D eigenvalue weighted by atomic mass is 16.6. The molecule has 9 heteroatoms. The van der Waals surface area contributed by atoms with Crippen molar-refractivity contribution >= 4 is 17.5 Å². The summed E-state index contributed by atoms with van der Waals surface area (Å²) in [6.45, 7) is 1.32. The molecule has 0 saturated heterocycles. The van der Waals surface area contributed by atoms with Crippen molar-refractivity contribution in [3.05, 3.63) is 71.3 Å². The van der Waals surface area contributed by atoms with Gasteiger partial charge in [-0.3, -0.25) is 9.59 Å². The van der Waals surface area contributed by atoms with Gasteiger partial charge in [-0.25, -0.2) is 0 Å². The number of anilines is 1. The van der Waals surface area contributed by atoms with Crippen LogP contribution in [-0.2, 0) is 11.3 Å². The number of nitrogens with one attached hydrogen (secondary N) is 1. The Morgan fingerprint density at radius 3 is 2.32 bits per heavy atom. The summed E-state index contributed by atoms with van der Waals surface area (Å²) < 4.78 is 27.7. The molecule has 2 amide bonds. The molecular formula is C28H28N2O7. The van der Waals surface area contributed by atoms with E-state index in [-0.39, 0.29) is 18.2 Å². The Bertz CT molecular complexity index is 1310. The first kappa shape index (κ1) is 24.3. The zero-order valence-electron chi connectivity index (χ0n) is 20.9. The molecule has 0 spiro atoms. The van der Waals surface area contributed by atoms with Crippen LogP contribution >= 0.6 is 0 Å². The van der Waals surface area contributed by atoms with E-state index >= 15 is 0 Å². The van der Waals surface area contributed by atoms with Gasteiger partial charge in [-0.05, 0) is 41.5 Å². The number of fused-ring (bicyclic) bond motifs is 2. The van der Waals surface area contributed by atoms with Gasteiger partial charge < -0.3 is 33.9 Å². The fourth-order valence-electron chi connectivity index (χ4n) is 4.74. The number of hydrogen-bond donors (Lipinski definition) is 1. The zero-order chi connectivity index (χ0) is 25.9. The lowest BCUT2D eigenvalue weighted by molar-refractivity contribution is -0.117. The molecule has 0 bridgehead atoms. The predicted molar refractivity (Wildman–Crippen MR) is 136 cm³/mol. The maximum absolute atomic E-state index is 13.4. The van der Waals surface area contributed by atoms with E-state index in [4.69, 9.17) is 23.7 Å². The van der Waals surface area contributed by atoms with Crippen LogP contribution in [-0.4, -0.2) is 51.3 Å². The van der Waals surface area contributed by atoms with Gasteiger partial charge in [-0.1, -0.05) is 18.2 Å². The summed E-state index contributed by atoms with van der Waals surface area (Å²) >= 11 is 0. The van der Waals surface area contributed by atoms with Crippen molar-refractivity contribution in [3.8, 4) is 28.7 Å². The van der Waals surface area contributed by atoms with Crippen molar-refractivity contribution in [2.24, 2.45) is 0 Å². The smallest absolute Gasteiger partial charge is 0.255 e. The van der Waals surface area contributed by atoms with Crippen molar-refractivity contribution in [2.45, 2.75) is 19.0 Å². The van der Waals surface area contributed by atoms with Gasteiger partial charge in [0.25, 0.3) is 5.91 Å². The SMILES string of the molecule is COc1cc([C@H](CC(=O)Nc2ccc3c(c2)OCCO3)N2Cc3ccccc3C2=O)cc(OC)c1OC. The molecule has 192 valence electrons. The Hall–Kier alpha value is -4.40. The van der Waals surface area contributed by atoms with Gasteiger partial charge >= 0.3 is 0 Å². The van der Waals surface area contributed by atoms with Crippen molar-refractivity contribution in [2.75, 3.05) is 39.9 Å². The van der Waals surface area contributed by atoms with E-state index < -0.39 is 6.04 Å². The second-order valence-corrected chi connectivity index (χ2v) is 8.68. The molecule has 0 radical (unpaired) electrons. The Morgan fingerprint density at radius 1 is 0.946 bits per heavy atom. The number of ether oxygens (including phenoxy) is 5. The molecule has 1 N–H and O–H groups in total. The number of benzene rings is 3. The first-order valence-electron chi connectivity index (χ1n) is 11.9. The molecule has 0 unspecified atom stereocenters. The van der Waals surface area contributed by atoms with Gasteiger partial charge in [0, 0.05) is 23.9 Å². The molecule has 3 aromatic rings. The Labute approximate surface area is 214 Å². The number of carbonyl (C=O) groups is 2. The third-order valence-electron chi connectivity index (χ3n) is 6.50. The number of carbonyl (C=O) groups excluding carboxylic acids is 2. The van der Waals surface area contributed by atoms with E-state index in [1.807, 2.05) is 18.2 Å². The van der Waals surface area contributed by atoms with Crippen LogP contribution in [0.15, 0.2) is 54.6 Å². The number of rotatable bonds is 8. The highest BCUT2D eigenvalue weighted by Crippen LogP contribution is 2.43. The van der Waals surface area contributed by atoms with Crippen LogP contribution in [0.4, 0.5) is 5.69 Å². The number of amides is 2. The lowest BCUT2D eigenvalue weighted by Gasteiger charge is -2.29. The zero-order valence-corrected chi connectivity index (χ0v) is 20.9. The van der Waals surface area contributed by atoms with Crippen LogP contribution in [0, 0.1) is 0 Å². The molecule has 0 fully saturated rings. The third-order valence-corrected chi connectivity index (χ3v) is 6.50. The predicted octanol–water partition coefficient (Wildman–Crippen LogP) is 4.21. The van der Waals surface area contributed by atoms with Crippen LogP contribution < -0.4 is 29.0 Å². The summed E-state index contributed by atoms with van der Waals surface area (Å²) in [4.78, 5) is 28.4. The summed E-state index contributed by atoms with van der Waals surface area (Å²) in [6, 6.07) is 15.7. The van der Waals surface area contributed by atoms with Crippen LogP contribution in [0.1, 0.15) is 33.9 Å². The summed E-state index contributed by atoms with van der Waals surface area (Å²) in [5.74, 6) is 2.14. The molecule has 2 aliphatic rings. The average molecular weight is 505 g/mol. The summed E-state index contributed by atoms with van der Waals surface area (Å²) in [5, 5.41) is 2.93. The maximum atomic E-state index is 13.4. The minimum absolute atomic E-state index is 0.00675. The molecule has 37 heavy (non-hydrogen) atoms. The van der Waals surface area contributed by atoms with Gasteiger partial charge in [0.15, 0.2) is 23.0 Å². The molecule has 0 aromatic heterocycles. The van der Waals surface area contributed by atoms with E-state index in [0.717, 1.165) is 5.56 Å². The second kappa shape index (κ2) is 10.3. The first-order valence-corrected chi connectivity index (χ1v) is 11.9. The number of hydrogen-bond acceptors (Lipinski definition) is 7. The van der Waals surface area contributed by atoms with Gasteiger partial charge in [0.1, 0.15) is 13.2 Å². The molecule has 3 aromatic carbocycles. The molecule has 0 saturated carbocycles. The molecule has 2 aliphatic heterocycles. The highest BCUT2D eigenvalue weighted by molar-refractivity contribution is 5.99. The minimum atomic E-state index is -0.592. The van der Waals surface area contributed by atoms with Gasteiger partial charge in [0.2, 0.25) is 11.7 Å². The molecular weight excluding hydrogens is 476 g/mol. The Kier molecular flexibility index (Phi) is 6.76. The van der Waals surface area contributed by atoms with Crippen LogP contribution in [0.5, 0.6) is 28.7 Å². The average Bonchev–Trinajstić information content (AvgIpc) is 3.26. The molecule has 2 heterocycles. The monoisotopic (exact) mass is 504 g/mol. The minimum Gasteiger partial charge on any atom is -0.493 e. The van der Waals surface area contributed by atoms with Crippen molar-refractivity contribution in [1.29, 1.82) is 0 Å². The fraction of sp³-hybridized carbons (Fsp3) is 0.286. The van der Waals surface area contributed by atoms with Crippen LogP contribution in [0.25, 0.3) is 0 Å². The topological polar surface area (TPSA) is 95.6 Å².